The lowest BCUT2D eigenvalue weighted by Crippen LogP contribution is -2.16. The van der Waals surface area contributed by atoms with Crippen LogP contribution in [-0.4, -0.2) is 12.0 Å². The molecule has 1 unspecified atom stereocenters. The first-order valence-electron chi connectivity index (χ1n) is 5.10. The largest absolute Gasteiger partial charge is 0.472 e. The van der Waals surface area contributed by atoms with Crippen LogP contribution < -0.4 is 10.6 Å². The summed E-state index contributed by atoms with van der Waals surface area (Å²) in [6.07, 6.45) is 3.43. The SMILES string of the molecule is CC(N)c1csc(N(C)Cc2ccoc2)n1. The number of furan rings is 1. The highest BCUT2D eigenvalue weighted by molar-refractivity contribution is 7.13. The van der Waals surface area contributed by atoms with Crippen LogP contribution in [0.25, 0.3) is 0 Å². The highest BCUT2D eigenvalue weighted by Gasteiger charge is 2.10. The average molecular weight is 237 g/mol. The van der Waals surface area contributed by atoms with Gasteiger partial charge in [-0.05, 0) is 13.0 Å². The molecule has 0 aliphatic rings. The van der Waals surface area contributed by atoms with Gasteiger partial charge in [-0.25, -0.2) is 4.98 Å². The number of aromatic nitrogens is 1. The molecule has 0 aliphatic heterocycles. The van der Waals surface area contributed by atoms with E-state index in [0.29, 0.717) is 0 Å². The second-order valence-electron chi connectivity index (χ2n) is 3.83. The van der Waals surface area contributed by atoms with Gasteiger partial charge in [-0.2, -0.15) is 0 Å². The summed E-state index contributed by atoms with van der Waals surface area (Å²) in [5.41, 5.74) is 7.86. The standard InChI is InChI=1S/C11H15N3OS/c1-8(12)10-7-16-11(13-10)14(2)5-9-3-4-15-6-9/h3-4,6-8H,5,12H2,1-2H3. The van der Waals surface area contributed by atoms with Crippen LogP contribution >= 0.6 is 11.3 Å². The van der Waals surface area contributed by atoms with Crippen molar-refractivity contribution in [2.24, 2.45) is 5.73 Å². The monoisotopic (exact) mass is 237 g/mol. The molecule has 0 spiro atoms. The first-order chi connectivity index (χ1) is 7.66. The number of hydrogen-bond acceptors (Lipinski definition) is 5. The zero-order valence-electron chi connectivity index (χ0n) is 9.38. The van der Waals surface area contributed by atoms with Crippen LogP contribution in [0.2, 0.25) is 0 Å². The molecule has 0 saturated carbocycles. The van der Waals surface area contributed by atoms with Gasteiger partial charge >= 0.3 is 0 Å². The summed E-state index contributed by atoms with van der Waals surface area (Å²) in [6.45, 7) is 2.73. The lowest BCUT2D eigenvalue weighted by Gasteiger charge is -2.14. The van der Waals surface area contributed by atoms with Crippen LogP contribution in [0, 0.1) is 0 Å². The summed E-state index contributed by atoms with van der Waals surface area (Å²) in [4.78, 5) is 6.56. The Labute approximate surface area is 98.7 Å². The van der Waals surface area contributed by atoms with E-state index in [4.69, 9.17) is 10.2 Å². The molecule has 16 heavy (non-hydrogen) atoms. The Morgan fingerprint density at radius 3 is 3.00 bits per heavy atom. The van der Waals surface area contributed by atoms with Crippen molar-refractivity contribution in [1.29, 1.82) is 0 Å². The third kappa shape index (κ3) is 2.43. The van der Waals surface area contributed by atoms with Crippen LogP contribution in [-0.2, 0) is 6.54 Å². The predicted octanol–water partition coefficient (Wildman–Crippen LogP) is 2.39. The van der Waals surface area contributed by atoms with Gasteiger partial charge in [-0.1, -0.05) is 0 Å². The van der Waals surface area contributed by atoms with Crippen LogP contribution in [0.4, 0.5) is 5.13 Å². The van der Waals surface area contributed by atoms with Gasteiger partial charge in [0.2, 0.25) is 0 Å². The molecule has 0 aromatic carbocycles. The Morgan fingerprint density at radius 2 is 2.44 bits per heavy atom. The third-order valence-corrected chi connectivity index (χ3v) is 3.28. The Hall–Kier alpha value is -1.33. The van der Waals surface area contributed by atoms with E-state index in [0.717, 1.165) is 22.9 Å². The molecule has 0 aliphatic carbocycles. The van der Waals surface area contributed by atoms with E-state index >= 15 is 0 Å². The summed E-state index contributed by atoms with van der Waals surface area (Å²) >= 11 is 1.61. The number of thiazole rings is 1. The van der Waals surface area contributed by atoms with Gasteiger partial charge in [0.1, 0.15) is 0 Å². The molecule has 2 aromatic rings. The fraction of sp³-hybridized carbons (Fsp3) is 0.364. The maximum Gasteiger partial charge on any atom is 0.185 e. The van der Waals surface area contributed by atoms with Gasteiger partial charge in [0, 0.05) is 30.6 Å². The Morgan fingerprint density at radius 1 is 1.62 bits per heavy atom. The maximum absolute atomic E-state index is 5.77. The molecule has 2 aromatic heterocycles. The molecule has 2 N–H and O–H groups in total. The van der Waals surface area contributed by atoms with Crippen molar-refractivity contribution < 1.29 is 4.42 Å². The number of nitrogens with zero attached hydrogens (tertiary/aromatic N) is 2. The van der Waals surface area contributed by atoms with E-state index in [2.05, 4.69) is 9.88 Å². The molecule has 2 heterocycles. The molecule has 1 atom stereocenters. The minimum absolute atomic E-state index is 0.00711. The van der Waals surface area contributed by atoms with Crippen molar-refractivity contribution in [3.8, 4) is 0 Å². The normalized spacial score (nSPS) is 12.7. The van der Waals surface area contributed by atoms with E-state index in [1.54, 1.807) is 23.9 Å². The predicted molar refractivity (Wildman–Crippen MR) is 65.5 cm³/mol. The molecule has 0 bridgehead atoms. The van der Waals surface area contributed by atoms with Crippen molar-refractivity contribution in [3.63, 3.8) is 0 Å². The topological polar surface area (TPSA) is 55.3 Å². The Balaban J connectivity index is 2.06. The molecular formula is C11H15N3OS. The van der Waals surface area contributed by atoms with Gasteiger partial charge in [0.05, 0.1) is 18.2 Å². The number of anilines is 1. The van der Waals surface area contributed by atoms with Crippen molar-refractivity contribution in [3.05, 3.63) is 35.2 Å². The Bertz CT molecular complexity index is 436. The van der Waals surface area contributed by atoms with E-state index in [1.807, 2.05) is 25.4 Å². The van der Waals surface area contributed by atoms with Gasteiger partial charge in [0.15, 0.2) is 5.13 Å². The molecule has 0 amide bonds. The summed E-state index contributed by atoms with van der Waals surface area (Å²) in [5, 5.41) is 2.99. The molecule has 5 heteroatoms. The summed E-state index contributed by atoms with van der Waals surface area (Å²) in [6, 6.07) is 1.95. The lowest BCUT2D eigenvalue weighted by atomic mass is 10.3. The lowest BCUT2D eigenvalue weighted by molar-refractivity contribution is 0.563. The average Bonchev–Trinajstić information content (AvgIpc) is 2.86. The molecule has 0 fully saturated rings. The minimum Gasteiger partial charge on any atom is -0.472 e. The minimum atomic E-state index is -0.00711. The van der Waals surface area contributed by atoms with Crippen molar-refractivity contribution in [2.45, 2.75) is 19.5 Å². The molecule has 0 radical (unpaired) electrons. The summed E-state index contributed by atoms with van der Waals surface area (Å²) < 4.78 is 5.03. The van der Waals surface area contributed by atoms with Gasteiger partial charge in [-0.3, -0.25) is 0 Å². The third-order valence-electron chi connectivity index (χ3n) is 2.30. The van der Waals surface area contributed by atoms with Crippen LogP contribution in [0.15, 0.2) is 28.4 Å². The highest BCUT2D eigenvalue weighted by Crippen LogP contribution is 2.23. The second-order valence-corrected chi connectivity index (χ2v) is 4.67. The zero-order chi connectivity index (χ0) is 11.5. The highest BCUT2D eigenvalue weighted by atomic mass is 32.1. The van der Waals surface area contributed by atoms with Crippen molar-refractivity contribution >= 4 is 16.5 Å². The van der Waals surface area contributed by atoms with E-state index < -0.39 is 0 Å². The maximum atomic E-state index is 5.77. The van der Waals surface area contributed by atoms with Crippen molar-refractivity contribution in [2.75, 3.05) is 11.9 Å². The van der Waals surface area contributed by atoms with E-state index in [1.165, 1.54) is 0 Å². The van der Waals surface area contributed by atoms with Crippen LogP contribution in [0.1, 0.15) is 24.2 Å². The Kier molecular flexibility index (Phi) is 3.26. The fourth-order valence-electron chi connectivity index (χ4n) is 1.38. The first kappa shape index (κ1) is 11.2. The second kappa shape index (κ2) is 4.67. The smallest absolute Gasteiger partial charge is 0.185 e. The molecular weight excluding hydrogens is 222 g/mol. The van der Waals surface area contributed by atoms with Gasteiger partial charge in [-0.15, -0.1) is 11.3 Å². The molecule has 0 saturated heterocycles. The number of rotatable bonds is 4. The molecule has 86 valence electrons. The zero-order valence-corrected chi connectivity index (χ0v) is 10.2. The van der Waals surface area contributed by atoms with E-state index in [9.17, 15) is 0 Å². The molecule has 4 nitrogen and oxygen atoms in total. The van der Waals surface area contributed by atoms with Gasteiger partial charge < -0.3 is 15.1 Å². The van der Waals surface area contributed by atoms with Gasteiger partial charge in [0.25, 0.3) is 0 Å². The number of hydrogen-bond donors (Lipinski definition) is 1. The van der Waals surface area contributed by atoms with E-state index in [-0.39, 0.29) is 6.04 Å². The summed E-state index contributed by atoms with van der Waals surface area (Å²) in [7, 11) is 2.01. The first-order valence-corrected chi connectivity index (χ1v) is 5.98. The van der Waals surface area contributed by atoms with Crippen molar-refractivity contribution in [1.82, 2.24) is 4.98 Å². The quantitative estimate of drug-likeness (QED) is 0.887. The molecule has 2 rings (SSSR count). The fourth-order valence-corrected chi connectivity index (χ4v) is 2.28. The van der Waals surface area contributed by atoms with Crippen LogP contribution in [0.5, 0.6) is 0 Å². The summed E-state index contributed by atoms with van der Waals surface area (Å²) in [5.74, 6) is 0. The van der Waals surface area contributed by atoms with Crippen LogP contribution in [0.3, 0.4) is 0 Å². The number of nitrogens with two attached hydrogens (primary N) is 1.